The van der Waals surface area contributed by atoms with Gasteiger partial charge in [-0.2, -0.15) is 5.26 Å². The normalized spacial score (nSPS) is 25.3. The lowest BCUT2D eigenvalue weighted by atomic mass is 9.56. The summed E-state index contributed by atoms with van der Waals surface area (Å²) in [5.74, 6) is -0.734. The Labute approximate surface area is 202 Å². The molecule has 3 aliphatic rings. The highest BCUT2D eigenvalue weighted by atomic mass is 35.5. The quantitative estimate of drug-likeness (QED) is 0.643. The van der Waals surface area contributed by atoms with E-state index >= 15 is 0 Å². The first-order chi connectivity index (χ1) is 16.2. The van der Waals surface area contributed by atoms with E-state index in [9.17, 15) is 14.0 Å². The minimum atomic E-state index is -0.601. The van der Waals surface area contributed by atoms with Gasteiger partial charge in [0, 0.05) is 17.1 Å². The third kappa shape index (κ3) is 4.71. The predicted molar refractivity (Wildman–Crippen MR) is 124 cm³/mol. The molecule has 1 atom stereocenters. The van der Waals surface area contributed by atoms with Gasteiger partial charge in [-0.25, -0.2) is 9.37 Å². The van der Waals surface area contributed by atoms with Gasteiger partial charge in [0.25, 0.3) is 11.8 Å². The molecule has 2 bridgehead atoms. The lowest BCUT2D eigenvalue weighted by Crippen LogP contribution is -2.67. The zero-order chi connectivity index (χ0) is 24.5. The third-order valence-corrected chi connectivity index (χ3v) is 7.51. The van der Waals surface area contributed by atoms with E-state index in [1.54, 1.807) is 19.1 Å². The van der Waals surface area contributed by atoms with Gasteiger partial charge in [0.15, 0.2) is 6.61 Å². The molecule has 178 valence electrons. The number of carbonyl (C=O) groups excluding carboxylic acids is 2. The van der Waals surface area contributed by atoms with Crippen LogP contribution in [0.25, 0.3) is 0 Å². The van der Waals surface area contributed by atoms with Crippen LogP contribution in [0.2, 0.25) is 5.02 Å². The molecule has 3 fully saturated rings. The summed E-state index contributed by atoms with van der Waals surface area (Å²) in [7, 11) is 0. The second-order valence-electron chi connectivity index (χ2n) is 9.35. The first kappa shape index (κ1) is 24.0. The van der Waals surface area contributed by atoms with E-state index in [-0.39, 0.29) is 46.2 Å². The fraction of sp³-hybridized carbons (Fsp3) is 0.440. The van der Waals surface area contributed by atoms with Crippen molar-refractivity contribution in [1.82, 2.24) is 15.6 Å². The van der Waals surface area contributed by atoms with Gasteiger partial charge in [-0.05, 0) is 69.2 Å². The molecule has 1 aromatic heterocycles. The lowest BCUT2D eigenvalue weighted by molar-refractivity contribution is -0.128. The molecule has 7 nitrogen and oxygen atoms in total. The Morgan fingerprint density at radius 1 is 1.24 bits per heavy atom. The van der Waals surface area contributed by atoms with Crippen LogP contribution in [0.5, 0.6) is 5.75 Å². The number of benzene rings is 1. The summed E-state index contributed by atoms with van der Waals surface area (Å²) < 4.78 is 19.0. The Morgan fingerprint density at radius 3 is 2.59 bits per heavy atom. The molecule has 2 aromatic rings. The minimum absolute atomic E-state index is 0.00500. The average Bonchev–Trinajstić information content (AvgIpc) is 2.81. The van der Waals surface area contributed by atoms with Gasteiger partial charge < -0.3 is 15.4 Å². The molecule has 1 aromatic carbocycles. The highest BCUT2D eigenvalue weighted by molar-refractivity contribution is 6.30. The van der Waals surface area contributed by atoms with Crippen molar-refractivity contribution in [1.29, 1.82) is 5.26 Å². The number of hydrogen-bond donors (Lipinski definition) is 2. The van der Waals surface area contributed by atoms with Crippen LogP contribution in [0.15, 0.2) is 30.3 Å². The van der Waals surface area contributed by atoms with E-state index in [1.165, 1.54) is 12.1 Å². The van der Waals surface area contributed by atoms with Crippen LogP contribution in [-0.2, 0) is 4.79 Å². The van der Waals surface area contributed by atoms with Crippen molar-refractivity contribution in [2.45, 2.75) is 57.0 Å². The Morgan fingerprint density at radius 2 is 1.97 bits per heavy atom. The number of fused-ring (bicyclic) bond motifs is 3. The number of aromatic nitrogens is 1. The molecule has 3 saturated carbocycles. The number of halogens is 2. The van der Waals surface area contributed by atoms with E-state index in [0.717, 1.165) is 38.2 Å². The fourth-order valence-electron chi connectivity index (χ4n) is 5.22. The number of pyridine rings is 1. The van der Waals surface area contributed by atoms with Gasteiger partial charge in [0.1, 0.15) is 23.3 Å². The zero-order valence-electron chi connectivity index (χ0n) is 19.1. The zero-order valence-corrected chi connectivity index (χ0v) is 19.8. The van der Waals surface area contributed by atoms with Crippen molar-refractivity contribution in [3.05, 3.63) is 58.1 Å². The number of aryl methyl sites for hydroxylation is 1. The predicted octanol–water partition coefficient (Wildman–Crippen LogP) is 4.07. The molecule has 0 radical (unpaired) electrons. The van der Waals surface area contributed by atoms with Crippen molar-refractivity contribution in [2.75, 3.05) is 6.61 Å². The molecule has 9 heteroatoms. The fourth-order valence-corrected chi connectivity index (χ4v) is 5.33. The molecule has 0 aliphatic heterocycles. The number of nitrogens with one attached hydrogen (secondary N) is 2. The topological polar surface area (TPSA) is 104 Å². The van der Waals surface area contributed by atoms with E-state index in [2.05, 4.69) is 28.6 Å². The van der Waals surface area contributed by atoms with Gasteiger partial charge in [0.2, 0.25) is 0 Å². The van der Waals surface area contributed by atoms with Crippen LogP contribution >= 0.6 is 11.6 Å². The van der Waals surface area contributed by atoms with Crippen molar-refractivity contribution < 1.29 is 18.7 Å². The molecule has 2 N–H and O–H groups in total. The molecule has 34 heavy (non-hydrogen) atoms. The van der Waals surface area contributed by atoms with Gasteiger partial charge in [0.05, 0.1) is 16.3 Å². The van der Waals surface area contributed by atoms with Gasteiger partial charge in [-0.15, -0.1) is 0 Å². The molecule has 2 amide bonds. The number of amides is 2. The van der Waals surface area contributed by atoms with E-state index in [0.29, 0.717) is 17.0 Å². The summed E-state index contributed by atoms with van der Waals surface area (Å²) in [4.78, 5) is 29.8. The minimum Gasteiger partial charge on any atom is -0.484 e. The Kier molecular flexibility index (Phi) is 6.50. The summed E-state index contributed by atoms with van der Waals surface area (Å²) in [5.41, 5.74) is 0.568. The number of rotatable bonds is 6. The first-order valence-corrected chi connectivity index (χ1v) is 11.6. The monoisotopic (exact) mass is 484 g/mol. The molecule has 3 aliphatic carbocycles. The number of carbonyl (C=O) groups is 2. The van der Waals surface area contributed by atoms with Crippen molar-refractivity contribution in [3.63, 3.8) is 0 Å². The van der Waals surface area contributed by atoms with Crippen LogP contribution in [0, 0.1) is 30.0 Å². The van der Waals surface area contributed by atoms with Crippen molar-refractivity contribution in [2.24, 2.45) is 5.92 Å². The molecule has 1 unspecified atom stereocenters. The van der Waals surface area contributed by atoms with Gasteiger partial charge >= 0.3 is 0 Å². The molecule has 0 saturated heterocycles. The third-order valence-electron chi connectivity index (χ3n) is 7.21. The molecule has 1 heterocycles. The maximum absolute atomic E-state index is 13.6. The number of hydrogen-bond acceptors (Lipinski definition) is 5. The van der Waals surface area contributed by atoms with E-state index < -0.39 is 5.82 Å². The average molecular weight is 485 g/mol. The highest BCUT2D eigenvalue weighted by Crippen LogP contribution is 2.50. The number of nitrogens with zero attached hydrogens (tertiary/aromatic N) is 2. The molecular formula is C25H26ClFN4O3. The lowest BCUT2D eigenvalue weighted by Gasteiger charge is -2.57. The molecule has 5 rings (SSSR count). The van der Waals surface area contributed by atoms with Crippen LogP contribution in [0.1, 0.15) is 60.8 Å². The summed E-state index contributed by atoms with van der Waals surface area (Å²) in [6.45, 7) is 3.57. The SMILES string of the molecule is Cc1nc(C(=O)NC23CCC(NC(=O)COc4ccc(Cl)c(F)c4)(CC2)C(C)C3)ccc1C#N. The van der Waals surface area contributed by atoms with Crippen LogP contribution in [-0.4, -0.2) is 34.5 Å². The maximum atomic E-state index is 13.6. The molecular weight excluding hydrogens is 459 g/mol. The Hall–Kier alpha value is -3.18. The van der Waals surface area contributed by atoms with Crippen molar-refractivity contribution in [3.8, 4) is 11.8 Å². The van der Waals surface area contributed by atoms with Crippen LogP contribution in [0.3, 0.4) is 0 Å². The largest absolute Gasteiger partial charge is 0.484 e. The summed E-state index contributed by atoms with van der Waals surface area (Å²) in [6.07, 6.45) is 3.67. The standard InChI is InChI=1S/C25H26ClFN4O3/c1-15-12-24(31-23(33)21-6-3-17(13-28)16(2)29-21)7-9-25(15,10-8-24)30-22(32)14-34-18-4-5-19(26)20(27)11-18/h3-6,11,15H,7-10,12,14H2,1-2H3,(H,30,32)(H,31,33). The van der Waals surface area contributed by atoms with Crippen LogP contribution < -0.4 is 15.4 Å². The number of nitriles is 1. The first-order valence-electron chi connectivity index (χ1n) is 11.2. The maximum Gasteiger partial charge on any atom is 0.270 e. The number of ether oxygens (including phenoxy) is 1. The summed E-state index contributed by atoms with van der Waals surface area (Å²) in [5, 5.41) is 15.4. The Bertz CT molecular complexity index is 1170. The highest BCUT2D eigenvalue weighted by Gasteiger charge is 2.54. The van der Waals surface area contributed by atoms with Gasteiger partial charge in [-0.3, -0.25) is 9.59 Å². The summed E-state index contributed by atoms with van der Waals surface area (Å²) >= 11 is 5.68. The molecule has 0 spiro atoms. The smallest absolute Gasteiger partial charge is 0.270 e. The second-order valence-corrected chi connectivity index (χ2v) is 9.76. The second kappa shape index (κ2) is 9.22. The van der Waals surface area contributed by atoms with Gasteiger partial charge in [-0.1, -0.05) is 18.5 Å². The van der Waals surface area contributed by atoms with E-state index in [1.807, 2.05) is 0 Å². The van der Waals surface area contributed by atoms with Crippen LogP contribution in [0.4, 0.5) is 4.39 Å². The van der Waals surface area contributed by atoms with E-state index in [4.69, 9.17) is 21.6 Å². The Balaban J connectivity index is 1.36. The summed E-state index contributed by atoms with van der Waals surface area (Å²) in [6, 6.07) is 9.29. The van der Waals surface area contributed by atoms with Crippen molar-refractivity contribution >= 4 is 23.4 Å².